The maximum atomic E-state index is 13.1. The Morgan fingerprint density at radius 2 is 1.70 bits per heavy atom. The number of aliphatic hydroxyl groups is 1. The molecule has 6 nitrogen and oxygen atoms in total. The number of amides is 1. The number of para-hydroxylation sites is 1. The van der Waals surface area contributed by atoms with Gasteiger partial charge in [-0.15, -0.1) is 0 Å². The Labute approximate surface area is 178 Å². The van der Waals surface area contributed by atoms with Crippen LogP contribution < -0.4 is 9.64 Å². The molecule has 150 valence electrons. The second-order valence-electron chi connectivity index (χ2n) is 6.63. The van der Waals surface area contributed by atoms with Crippen molar-refractivity contribution in [3.63, 3.8) is 0 Å². The molecular weight excluding hydrogens is 404 g/mol. The lowest BCUT2D eigenvalue weighted by molar-refractivity contribution is -0.132. The quantitative estimate of drug-likeness (QED) is 0.385. The van der Waals surface area contributed by atoms with Crippen LogP contribution in [0.25, 0.3) is 5.76 Å². The van der Waals surface area contributed by atoms with Crippen LogP contribution in [-0.4, -0.2) is 28.9 Å². The maximum Gasteiger partial charge on any atom is 0.300 e. The van der Waals surface area contributed by atoms with Crippen LogP contribution in [0, 0.1) is 0 Å². The summed E-state index contributed by atoms with van der Waals surface area (Å²) in [6.07, 6.45) is 3.14. The number of carbonyl (C=O) groups excluding carboxylic acids is 2. The molecule has 30 heavy (non-hydrogen) atoms. The van der Waals surface area contributed by atoms with Gasteiger partial charge in [0.05, 0.1) is 24.3 Å². The molecule has 7 heteroatoms. The number of Topliss-reactive ketones (excluding diaryl/α,β-unsaturated/α-hetero) is 1. The van der Waals surface area contributed by atoms with Crippen molar-refractivity contribution >= 4 is 34.7 Å². The highest BCUT2D eigenvalue weighted by atomic mass is 35.5. The molecule has 0 spiro atoms. The molecule has 1 atom stereocenters. The minimum absolute atomic E-state index is 0.0225. The van der Waals surface area contributed by atoms with E-state index in [0.29, 0.717) is 27.6 Å². The fraction of sp³-hybridized carbons (Fsp3) is 0.0870. The zero-order chi connectivity index (χ0) is 21.3. The Bertz CT molecular complexity index is 1140. The number of ketones is 1. The number of benzene rings is 2. The molecule has 3 aromatic rings. The normalized spacial score (nSPS) is 17.9. The van der Waals surface area contributed by atoms with Crippen LogP contribution in [0.5, 0.6) is 5.75 Å². The molecule has 0 radical (unpaired) electrons. The Balaban J connectivity index is 1.96. The van der Waals surface area contributed by atoms with Gasteiger partial charge in [-0.2, -0.15) is 0 Å². The van der Waals surface area contributed by atoms with E-state index in [0.717, 1.165) is 0 Å². The maximum absolute atomic E-state index is 13.1. The van der Waals surface area contributed by atoms with Gasteiger partial charge in [0.25, 0.3) is 11.7 Å². The summed E-state index contributed by atoms with van der Waals surface area (Å²) >= 11 is 5.99. The van der Waals surface area contributed by atoms with E-state index in [4.69, 9.17) is 16.3 Å². The molecule has 0 aliphatic carbocycles. The number of hydrogen-bond acceptors (Lipinski definition) is 5. The molecule has 2 aromatic carbocycles. The number of methoxy groups -OCH3 is 1. The van der Waals surface area contributed by atoms with E-state index < -0.39 is 17.7 Å². The van der Waals surface area contributed by atoms with Crippen LogP contribution in [-0.2, 0) is 9.59 Å². The number of nitrogens with zero attached hydrogens (tertiary/aromatic N) is 2. The summed E-state index contributed by atoms with van der Waals surface area (Å²) in [4.78, 5) is 31.5. The zero-order valence-electron chi connectivity index (χ0n) is 15.9. The summed E-state index contributed by atoms with van der Waals surface area (Å²) in [5.41, 5.74) is 1.43. The van der Waals surface area contributed by atoms with Crippen molar-refractivity contribution < 1.29 is 19.4 Å². The lowest BCUT2D eigenvalue weighted by Crippen LogP contribution is -2.29. The van der Waals surface area contributed by atoms with Crippen molar-refractivity contribution in [2.75, 3.05) is 12.0 Å². The number of carbonyl (C=O) groups is 2. The molecule has 1 aliphatic rings. The fourth-order valence-corrected chi connectivity index (χ4v) is 3.67. The Morgan fingerprint density at radius 3 is 2.37 bits per heavy atom. The minimum atomic E-state index is -0.834. The second kappa shape index (κ2) is 8.00. The zero-order valence-corrected chi connectivity index (χ0v) is 16.7. The molecule has 4 rings (SSSR count). The predicted octanol–water partition coefficient (Wildman–Crippen LogP) is 4.37. The van der Waals surface area contributed by atoms with Gasteiger partial charge >= 0.3 is 0 Å². The molecule has 0 saturated carbocycles. The van der Waals surface area contributed by atoms with Gasteiger partial charge in [-0.25, -0.2) is 0 Å². The van der Waals surface area contributed by atoms with Crippen LogP contribution in [0.3, 0.4) is 0 Å². The number of hydrogen-bond donors (Lipinski definition) is 1. The highest BCUT2D eigenvalue weighted by Gasteiger charge is 2.47. The van der Waals surface area contributed by atoms with Crippen LogP contribution in [0.1, 0.15) is 17.2 Å². The average Bonchev–Trinajstić information content (AvgIpc) is 3.05. The topological polar surface area (TPSA) is 79.7 Å². The lowest BCUT2D eigenvalue weighted by Gasteiger charge is -2.25. The molecule has 1 fully saturated rings. The minimum Gasteiger partial charge on any atom is -0.507 e. The van der Waals surface area contributed by atoms with Gasteiger partial charge in [0.2, 0.25) is 0 Å². The summed E-state index contributed by atoms with van der Waals surface area (Å²) in [7, 11) is 1.47. The predicted molar refractivity (Wildman–Crippen MR) is 113 cm³/mol. The van der Waals surface area contributed by atoms with Gasteiger partial charge in [0, 0.05) is 23.1 Å². The van der Waals surface area contributed by atoms with Crippen molar-refractivity contribution in [1.82, 2.24) is 4.98 Å². The first-order chi connectivity index (χ1) is 14.5. The third kappa shape index (κ3) is 3.31. The van der Waals surface area contributed by atoms with E-state index in [2.05, 4.69) is 4.98 Å². The standard InChI is InChI=1S/C23H17ClN2O4/c1-30-18-5-3-2-4-17(18)21(27)19-20(14-10-12-25-13-11-14)26(23(29)22(19)28)16-8-6-15(24)7-9-16/h2-13,20,27H,1H3/b21-19-. The van der Waals surface area contributed by atoms with Crippen molar-refractivity contribution in [3.05, 3.63) is 94.8 Å². The third-order valence-corrected chi connectivity index (χ3v) is 5.19. The van der Waals surface area contributed by atoms with E-state index in [1.54, 1.807) is 73.1 Å². The van der Waals surface area contributed by atoms with Crippen molar-refractivity contribution in [1.29, 1.82) is 0 Å². The van der Waals surface area contributed by atoms with Gasteiger partial charge in [-0.3, -0.25) is 19.5 Å². The highest BCUT2D eigenvalue weighted by molar-refractivity contribution is 6.51. The average molecular weight is 421 g/mol. The molecular formula is C23H17ClN2O4. The number of halogens is 1. The van der Waals surface area contributed by atoms with E-state index in [-0.39, 0.29) is 11.3 Å². The van der Waals surface area contributed by atoms with Gasteiger partial charge in [-0.1, -0.05) is 23.7 Å². The van der Waals surface area contributed by atoms with Gasteiger partial charge in [0.1, 0.15) is 11.5 Å². The van der Waals surface area contributed by atoms with Crippen LogP contribution >= 0.6 is 11.6 Å². The molecule has 1 saturated heterocycles. The number of pyridine rings is 1. The van der Waals surface area contributed by atoms with Crippen LogP contribution in [0.2, 0.25) is 5.02 Å². The molecule has 1 aliphatic heterocycles. The molecule has 1 aromatic heterocycles. The summed E-state index contributed by atoms with van der Waals surface area (Å²) in [6, 6.07) is 15.9. The largest absolute Gasteiger partial charge is 0.507 e. The highest BCUT2D eigenvalue weighted by Crippen LogP contribution is 2.43. The lowest BCUT2D eigenvalue weighted by atomic mass is 9.95. The van der Waals surface area contributed by atoms with Gasteiger partial charge in [0.15, 0.2) is 0 Å². The number of anilines is 1. The molecule has 0 bridgehead atoms. The van der Waals surface area contributed by atoms with Gasteiger partial charge in [-0.05, 0) is 54.1 Å². The Hall–Kier alpha value is -3.64. The van der Waals surface area contributed by atoms with E-state index in [9.17, 15) is 14.7 Å². The molecule has 1 unspecified atom stereocenters. The van der Waals surface area contributed by atoms with E-state index in [1.807, 2.05) is 0 Å². The number of aromatic nitrogens is 1. The second-order valence-corrected chi connectivity index (χ2v) is 7.06. The van der Waals surface area contributed by atoms with Crippen LogP contribution in [0.15, 0.2) is 78.6 Å². The van der Waals surface area contributed by atoms with Gasteiger partial charge < -0.3 is 9.84 Å². The number of rotatable bonds is 4. The summed E-state index contributed by atoms with van der Waals surface area (Å²) in [6.45, 7) is 0. The SMILES string of the molecule is COc1ccccc1/C(O)=C1/C(=O)C(=O)N(c2ccc(Cl)cc2)C1c1ccncc1. The number of aliphatic hydroxyl groups excluding tert-OH is 1. The summed E-state index contributed by atoms with van der Waals surface area (Å²) < 4.78 is 5.33. The molecule has 1 N–H and O–H groups in total. The van der Waals surface area contributed by atoms with Crippen molar-refractivity contribution in [2.45, 2.75) is 6.04 Å². The van der Waals surface area contributed by atoms with E-state index in [1.165, 1.54) is 12.0 Å². The first-order valence-electron chi connectivity index (χ1n) is 9.13. The summed E-state index contributed by atoms with van der Waals surface area (Å²) in [5.74, 6) is -1.43. The Kier molecular flexibility index (Phi) is 5.25. The fourth-order valence-electron chi connectivity index (χ4n) is 3.55. The first kappa shape index (κ1) is 19.7. The van der Waals surface area contributed by atoms with E-state index >= 15 is 0 Å². The Morgan fingerprint density at radius 1 is 1.03 bits per heavy atom. The third-order valence-electron chi connectivity index (χ3n) is 4.93. The summed E-state index contributed by atoms with van der Waals surface area (Å²) in [5, 5.41) is 11.6. The number of ether oxygens (including phenoxy) is 1. The van der Waals surface area contributed by atoms with Crippen molar-refractivity contribution in [3.8, 4) is 5.75 Å². The smallest absolute Gasteiger partial charge is 0.300 e. The van der Waals surface area contributed by atoms with Crippen molar-refractivity contribution in [2.24, 2.45) is 0 Å². The molecule has 1 amide bonds. The first-order valence-corrected chi connectivity index (χ1v) is 9.50. The van der Waals surface area contributed by atoms with Crippen LogP contribution in [0.4, 0.5) is 5.69 Å². The monoisotopic (exact) mass is 420 g/mol. The molecule has 2 heterocycles.